The van der Waals surface area contributed by atoms with Gasteiger partial charge in [0.25, 0.3) is 0 Å². The van der Waals surface area contributed by atoms with Crippen LogP contribution in [0.3, 0.4) is 0 Å². The lowest BCUT2D eigenvalue weighted by Crippen LogP contribution is -2.28. The Hall–Kier alpha value is -1.77. The first-order valence-corrected chi connectivity index (χ1v) is 8.07. The molecule has 0 radical (unpaired) electrons. The van der Waals surface area contributed by atoms with Gasteiger partial charge in [-0.1, -0.05) is 19.1 Å². The van der Waals surface area contributed by atoms with Gasteiger partial charge in [0, 0.05) is 6.42 Å². The third kappa shape index (κ3) is 5.12. The summed E-state index contributed by atoms with van der Waals surface area (Å²) in [5, 5.41) is 0. The quantitative estimate of drug-likeness (QED) is 0.445. The van der Waals surface area contributed by atoms with E-state index in [1.807, 2.05) is 0 Å². The van der Waals surface area contributed by atoms with E-state index >= 15 is 0 Å². The van der Waals surface area contributed by atoms with Gasteiger partial charge in [-0.3, -0.25) is 4.79 Å². The Morgan fingerprint density at radius 2 is 1.91 bits per heavy atom. The first-order chi connectivity index (χ1) is 10.5. The van der Waals surface area contributed by atoms with E-state index < -0.39 is 27.5 Å². The minimum Gasteiger partial charge on any atom is -0.469 e. The van der Waals surface area contributed by atoms with Crippen LogP contribution in [0.5, 0.6) is 5.75 Å². The summed E-state index contributed by atoms with van der Waals surface area (Å²) in [5.41, 5.74) is -4.70. The Labute approximate surface area is 132 Å². The lowest BCUT2D eigenvalue weighted by Gasteiger charge is -2.17. The summed E-state index contributed by atoms with van der Waals surface area (Å²) in [6.45, 7) is 3.25. The van der Waals surface area contributed by atoms with Crippen LogP contribution < -0.4 is 4.18 Å². The average Bonchev–Trinajstić information content (AvgIpc) is 2.42. The lowest BCUT2D eigenvalue weighted by molar-refractivity contribution is -0.140. The minimum atomic E-state index is -5.75. The van der Waals surface area contributed by atoms with Crippen molar-refractivity contribution in [1.82, 2.24) is 0 Å². The van der Waals surface area contributed by atoms with E-state index in [0.717, 1.165) is 0 Å². The van der Waals surface area contributed by atoms with Crippen LogP contribution in [0.2, 0.25) is 0 Å². The van der Waals surface area contributed by atoms with Gasteiger partial charge in [-0.2, -0.15) is 21.6 Å². The topological polar surface area (TPSA) is 69.7 Å². The summed E-state index contributed by atoms with van der Waals surface area (Å²) in [6.07, 6.45) is 0.329. The van der Waals surface area contributed by atoms with E-state index in [1.165, 1.54) is 19.2 Å². The van der Waals surface area contributed by atoms with Crippen LogP contribution in [0.1, 0.15) is 36.8 Å². The molecule has 0 heterocycles. The molecule has 5 nitrogen and oxygen atoms in total. The standard InChI is InChI=1S/C14H17F3O5S/c1-9-4-6-11(10(2)5-7-13(18)21-3)12(8-9)22-23(19,20)14(15,16)17/h4,6,8,10H,5,7H2,1-3H3/t10-/m0/s1. The highest BCUT2D eigenvalue weighted by Crippen LogP contribution is 2.34. The summed E-state index contributed by atoms with van der Waals surface area (Å²) < 4.78 is 68.6. The maximum Gasteiger partial charge on any atom is 0.534 e. The number of esters is 1. The monoisotopic (exact) mass is 354 g/mol. The van der Waals surface area contributed by atoms with Crippen molar-refractivity contribution in [3.8, 4) is 5.75 Å². The van der Waals surface area contributed by atoms with Gasteiger partial charge in [-0.25, -0.2) is 0 Å². The van der Waals surface area contributed by atoms with Crippen molar-refractivity contribution in [2.24, 2.45) is 0 Å². The number of hydrogen-bond acceptors (Lipinski definition) is 5. The Balaban J connectivity index is 3.09. The molecule has 1 rings (SSSR count). The van der Waals surface area contributed by atoms with Gasteiger partial charge in [0.1, 0.15) is 5.75 Å². The van der Waals surface area contributed by atoms with Crippen LogP contribution in [0.15, 0.2) is 18.2 Å². The molecule has 1 atom stereocenters. The molecule has 0 bridgehead atoms. The van der Waals surface area contributed by atoms with Gasteiger partial charge in [-0.15, -0.1) is 0 Å². The number of alkyl halides is 3. The first-order valence-electron chi connectivity index (χ1n) is 6.66. The molecule has 0 fully saturated rings. The fourth-order valence-corrected chi connectivity index (χ4v) is 2.35. The van der Waals surface area contributed by atoms with Crippen LogP contribution in [0.25, 0.3) is 0 Å². The van der Waals surface area contributed by atoms with Gasteiger partial charge in [-0.05, 0) is 36.5 Å². The van der Waals surface area contributed by atoms with E-state index in [-0.39, 0.29) is 24.2 Å². The number of aryl methyl sites for hydroxylation is 1. The molecule has 0 saturated heterocycles. The number of benzene rings is 1. The molecule has 130 valence electrons. The maximum absolute atomic E-state index is 12.5. The maximum atomic E-state index is 12.5. The van der Waals surface area contributed by atoms with Gasteiger partial charge < -0.3 is 8.92 Å². The molecule has 0 N–H and O–H groups in total. The summed E-state index contributed by atoms with van der Waals surface area (Å²) in [6, 6.07) is 4.32. The summed E-state index contributed by atoms with van der Waals surface area (Å²) in [4.78, 5) is 11.1. The van der Waals surface area contributed by atoms with Crippen molar-refractivity contribution in [1.29, 1.82) is 0 Å². The minimum absolute atomic E-state index is 0.0526. The summed E-state index contributed by atoms with van der Waals surface area (Å²) in [7, 11) is -4.53. The van der Waals surface area contributed by atoms with Gasteiger partial charge >= 0.3 is 21.6 Å². The van der Waals surface area contributed by atoms with Gasteiger partial charge in [0.15, 0.2) is 0 Å². The van der Waals surface area contributed by atoms with E-state index in [0.29, 0.717) is 5.56 Å². The molecule has 1 aromatic rings. The number of rotatable bonds is 6. The van der Waals surface area contributed by atoms with E-state index in [4.69, 9.17) is 0 Å². The largest absolute Gasteiger partial charge is 0.534 e. The van der Waals surface area contributed by atoms with E-state index in [2.05, 4.69) is 8.92 Å². The van der Waals surface area contributed by atoms with Crippen LogP contribution in [0, 0.1) is 6.92 Å². The Kier molecular flexibility index (Phi) is 6.04. The zero-order chi connectivity index (χ0) is 17.8. The molecule has 0 aliphatic carbocycles. The van der Waals surface area contributed by atoms with Crippen molar-refractivity contribution in [3.63, 3.8) is 0 Å². The number of carbonyl (C=O) groups is 1. The zero-order valence-corrected chi connectivity index (χ0v) is 13.6. The second kappa shape index (κ2) is 7.20. The zero-order valence-electron chi connectivity index (χ0n) is 12.8. The molecule has 9 heteroatoms. The van der Waals surface area contributed by atoms with Crippen molar-refractivity contribution in [2.75, 3.05) is 7.11 Å². The predicted molar refractivity (Wildman–Crippen MR) is 76.4 cm³/mol. The fourth-order valence-electron chi connectivity index (χ4n) is 1.88. The molecule has 0 aromatic heterocycles. The third-order valence-corrected chi connectivity index (χ3v) is 4.16. The van der Waals surface area contributed by atoms with Crippen molar-refractivity contribution in [3.05, 3.63) is 29.3 Å². The van der Waals surface area contributed by atoms with Crippen LogP contribution in [-0.2, 0) is 19.6 Å². The summed E-state index contributed by atoms with van der Waals surface area (Å²) in [5.74, 6) is -1.25. The normalized spacial score (nSPS) is 13.5. The second-order valence-corrected chi connectivity index (χ2v) is 6.58. The van der Waals surface area contributed by atoms with E-state index in [9.17, 15) is 26.4 Å². The molecule has 23 heavy (non-hydrogen) atoms. The number of halogens is 3. The molecule has 0 spiro atoms. The summed E-state index contributed by atoms with van der Waals surface area (Å²) >= 11 is 0. The Bertz CT molecular complexity index is 667. The number of methoxy groups -OCH3 is 1. The average molecular weight is 354 g/mol. The van der Waals surface area contributed by atoms with Crippen LogP contribution in [-0.4, -0.2) is 27.0 Å². The molecule has 1 aromatic carbocycles. The number of ether oxygens (including phenoxy) is 1. The Morgan fingerprint density at radius 1 is 1.30 bits per heavy atom. The van der Waals surface area contributed by atoms with Crippen molar-refractivity contribution in [2.45, 2.75) is 38.1 Å². The highest BCUT2D eigenvalue weighted by atomic mass is 32.2. The Morgan fingerprint density at radius 3 is 2.43 bits per heavy atom. The predicted octanol–water partition coefficient (Wildman–Crippen LogP) is 3.28. The molecular formula is C14H17F3O5S. The molecule has 0 aliphatic heterocycles. The van der Waals surface area contributed by atoms with Crippen LogP contribution in [0.4, 0.5) is 13.2 Å². The molecular weight excluding hydrogens is 337 g/mol. The molecule has 0 aliphatic rings. The highest BCUT2D eigenvalue weighted by Gasteiger charge is 2.48. The van der Waals surface area contributed by atoms with Crippen LogP contribution >= 0.6 is 0 Å². The van der Waals surface area contributed by atoms with Gasteiger partial charge in [0.2, 0.25) is 0 Å². The van der Waals surface area contributed by atoms with Gasteiger partial charge in [0.05, 0.1) is 7.11 Å². The van der Waals surface area contributed by atoms with Crippen molar-refractivity contribution < 1.29 is 35.3 Å². The SMILES string of the molecule is COC(=O)CC[C@H](C)c1ccc(C)cc1OS(=O)(=O)C(F)(F)F. The highest BCUT2D eigenvalue weighted by molar-refractivity contribution is 7.88. The molecule has 0 amide bonds. The molecule has 0 unspecified atom stereocenters. The third-order valence-electron chi connectivity index (χ3n) is 3.19. The number of carbonyl (C=O) groups excluding carboxylic acids is 1. The molecule has 0 saturated carbocycles. The second-order valence-electron chi connectivity index (χ2n) is 5.04. The fraction of sp³-hybridized carbons (Fsp3) is 0.500. The van der Waals surface area contributed by atoms with Crippen molar-refractivity contribution >= 4 is 16.1 Å². The smallest absolute Gasteiger partial charge is 0.469 e. The first kappa shape index (κ1) is 19.3. The lowest BCUT2D eigenvalue weighted by atomic mass is 9.94. The van der Waals surface area contributed by atoms with E-state index in [1.54, 1.807) is 19.9 Å². The number of hydrogen-bond donors (Lipinski definition) is 0.